The van der Waals surface area contributed by atoms with Gasteiger partial charge in [-0.15, -0.1) is 0 Å². The molecule has 26 heavy (non-hydrogen) atoms. The summed E-state index contributed by atoms with van der Waals surface area (Å²) in [5.74, 6) is -2.54. The predicted molar refractivity (Wildman–Crippen MR) is 91.5 cm³/mol. The first kappa shape index (κ1) is 17.6. The minimum atomic E-state index is -1.94. The van der Waals surface area contributed by atoms with E-state index >= 15 is 4.39 Å². The number of benzene rings is 2. The van der Waals surface area contributed by atoms with Crippen LogP contribution in [0.1, 0.15) is 29.1 Å². The largest absolute Gasteiger partial charge is 0.506 e. The zero-order valence-electron chi connectivity index (χ0n) is 13.8. The molecule has 7 heteroatoms. The van der Waals surface area contributed by atoms with Crippen LogP contribution in [0.25, 0.3) is 10.9 Å². The summed E-state index contributed by atoms with van der Waals surface area (Å²) < 4.78 is 34.3. The maximum atomic E-state index is 15.2. The van der Waals surface area contributed by atoms with Crippen molar-refractivity contribution >= 4 is 16.9 Å². The van der Waals surface area contributed by atoms with Gasteiger partial charge in [0.15, 0.2) is 5.56 Å². The first-order chi connectivity index (χ1) is 12.5. The van der Waals surface area contributed by atoms with E-state index in [0.717, 1.165) is 12.1 Å². The highest BCUT2D eigenvalue weighted by Crippen LogP contribution is 2.31. The number of aromatic hydroxyl groups is 1. The van der Waals surface area contributed by atoms with E-state index in [0.29, 0.717) is 4.57 Å². The highest BCUT2D eigenvalue weighted by Gasteiger charge is 2.27. The van der Waals surface area contributed by atoms with Crippen LogP contribution in [0, 0.1) is 5.82 Å². The molecule has 134 valence electrons. The van der Waals surface area contributed by atoms with Gasteiger partial charge in [-0.1, -0.05) is 30.3 Å². The van der Waals surface area contributed by atoms with Gasteiger partial charge in [0.1, 0.15) is 11.6 Å². The zero-order chi connectivity index (χ0) is 18.8. The number of hydrogen-bond donors (Lipinski definition) is 1. The maximum absolute atomic E-state index is 15.2. The van der Waals surface area contributed by atoms with Crippen molar-refractivity contribution in [1.82, 2.24) is 4.57 Å². The van der Waals surface area contributed by atoms with E-state index in [1.165, 1.54) is 25.1 Å². The van der Waals surface area contributed by atoms with Crippen LogP contribution in [-0.2, 0) is 4.74 Å². The second-order valence-electron chi connectivity index (χ2n) is 5.53. The minimum Gasteiger partial charge on any atom is -0.506 e. The molecule has 5 nitrogen and oxygen atoms in total. The van der Waals surface area contributed by atoms with Crippen molar-refractivity contribution in [3.8, 4) is 5.75 Å². The molecule has 0 saturated heterocycles. The number of carbonyl (C=O) groups is 1. The van der Waals surface area contributed by atoms with Gasteiger partial charge < -0.3 is 9.84 Å². The Labute approximate surface area is 147 Å². The molecule has 3 aromatic rings. The van der Waals surface area contributed by atoms with Crippen LogP contribution in [0.4, 0.5) is 8.78 Å². The number of fused-ring (bicyclic) bond motifs is 1. The molecule has 3 rings (SSSR count). The second kappa shape index (κ2) is 6.95. The van der Waals surface area contributed by atoms with Gasteiger partial charge in [-0.25, -0.2) is 13.6 Å². The van der Waals surface area contributed by atoms with Crippen molar-refractivity contribution in [3.63, 3.8) is 0 Å². The Morgan fingerprint density at radius 1 is 1.23 bits per heavy atom. The normalized spacial score (nSPS) is 12.1. The van der Waals surface area contributed by atoms with Crippen molar-refractivity contribution in [3.05, 3.63) is 75.8 Å². The topological polar surface area (TPSA) is 68.5 Å². The molecular formula is C19H15F2NO4. The van der Waals surface area contributed by atoms with Crippen LogP contribution in [0.2, 0.25) is 0 Å². The van der Waals surface area contributed by atoms with Crippen LogP contribution < -0.4 is 5.56 Å². The number of carbonyl (C=O) groups excluding carboxylic acids is 1. The van der Waals surface area contributed by atoms with E-state index in [9.17, 15) is 19.1 Å². The Morgan fingerprint density at radius 2 is 1.92 bits per heavy atom. The molecule has 0 aliphatic heterocycles. The zero-order valence-corrected chi connectivity index (χ0v) is 13.8. The van der Waals surface area contributed by atoms with E-state index in [2.05, 4.69) is 0 Å². The molecule has 0 amide bonds. The van der Waals surface area contributed by atoms with Gasteiger partial charge >= 0.3 is 5.97 Å². The standard InChI is InChI=1S/C19H15F2NO4/c1-2-26-19(25)15-16(23)13-10-12(20)8-9-14(13)22(18(15)24)17(21)11-6-4-3-5-7-11/h3-10,17,23H,2H2,1H3. The summed E-state index contributed by atoms with van der Waals surface area (Å²) in [4.78, 5) is 24.9. The molecule has 0 fully saturated rings. The average Bonchev–Trinajstić information content (AvgIpc) is 2.63. The Bertz CT molecular complexity index is 1030. The highest BCUT2D eigenvalue weighted by molar-refractivity contribution is 5.99. The summed E-state index contributed by atoms with van der Waals surface area (Å²) in [6.45, 7) is 1.48. The Balaban J connectivity index is 2.37. The molecule has 0 aliphatic carbocycles. The number of esters is 1. The number of halogens is 2. The summed E-state index contributed by atoms with van der Waals surface area (Å²) in [5, 5.41) is 10.2. The number of rotatable bonds is 4. The van der Waals surface area contributed by atoms with Crippen molar-refractivity contribution < 1.29 is 23.4 Å². The minimum absolute atomic E-state index is 0.0432. The molecule has 1 unspecified atom stereocenters. The lowest BCUT2D eigenvalue weighted by atomic mass is 10.1. The van der Waals surface area contributed by atoms with Crippen molar-refractivity contribution in [2.45, 2.75) is 13.2 Å². The average molecular weight is 359 g/mol. The predicted octanol–water partition coefficient (Wildman–Crippen LogP) is 3.54. The highest BCUT2D eigenvalue weighted by atomic mass is 19.1. The van der Waals surface area contributed by atoms with Gasteiger partial charge in [0.05, 0.1) is 12.1 Å². The van der Waals surface area contributed by atoms with Crippen LogP contribution in [0.15, 0.2) is 53.3 Å². The van der Waals surface area contributed by atoms with Crippen LogP contribution in [0.3, 0.4) is 0 Å². The third-order valence-corrected chi connectivity index (χ3v) is 3.92. The number of alkyl halides is 1. The van der Waals surface area contributed by atoms with Gasteiger partial charge in [-0.3, -0.25) is 9.36 Å². The molecular weight excluding hydrogens is 344 g/mol. The smallest absolute Gasteiger partial charge is 0.347 e. The molecule has 1 aromatic heterocycles. The lowest BCUT2D eigenvalue weighted by Crippen LogP contribution is -2.30. The molecule has 0 saturated carbocycles. The molecule has 1 atom stereocenters. The summed E-state index contributed by atoms with van der Waals surface area (Å²) in [6.07, 6.45) is -1.94. The summed E-state index contributed by atoms with van der Waals surface area (Å²) in [5.41, 5.74) is -1.67. The summed E-state index contributed by atoms with van der Waals surface area (Å²) in [7, 11) is 0. The molecule has 0 bridgehead atoms. The van der Waals surface area contributed by atoms with Crippen molar-refractivity contribution in [2.75, 3.05) is 6.61 Å². The van der Waals surface area contributed by atoms with E-state index in [1.54, 1.807) is 18.2 Å². The lowest BCUT2D eigenvalue weighted by molar-refractivity contribution is 0.0520. The lowest BCUT2D eigenvalue weighted by Gasteiger charge is -2.18. The Morgan fingerprint density at radius 3 is 2.58 bits per heavy atom. The fourth-order valence-electron chi connectivity index (χ4n) is 2.75. The maximum Gasteiger partial charge on any atom is 0.347 e. The molecule has 1 N–H and O–H groups in total. The Kier molecular flexibility index (Phi) is 4.71. The number of pyridine rings is 1. The monoisotopic (exact) mass is 359 g/mol. The number of aromatic nitrogens is 1. The van der Waals surface area contributed by atoms with E-state index in [-0.39, 0.29) is 23.1 Å². The SMILES string of the molecule is CCOC(=O)c1c(O)c2cc(F)ccc2n(C(F)c2ccccc2)c1=O. The van der Waals surface area contributed by atoms with Gasteiger partial charge in [-0.2, -0.15) is 0 Å². The van der Waals surface area contributed by atoms with Crippen molar-refractivity contribution in [1.29, 1.82) is 0 Å². The van der Waals surface area contributed by atoms with Crippen molar-refractivity contribution in [2.24, 2.45) is 0 Å². The molecule has 0 spiro atoms. The Hall–Kier alpha value is -3.22. The first-order valence-corrected chi connectivity index (χ1v) is 7.88. The summed E-state index contributed by atoms with van der Waals surface area (Å²) in [6, 6.07) is 11.0. The van der Waals surface area contributed by atoms with Gasteiger partial charge in [0.25, 0.3) is 5.56 Å². The number of hydrogen-bond acceptors (Lipinski definition) is 4. The van der Waals surface area contributed by atoms with Gasteiger partial charge in [0.2, 0.25) is 6.30 Å². The third-order valence-electron chi connectivity index (χ3n) is 3.92. The van der Waals surface area contributed by atoms with Crippen LogP contribution in [-0.4, -0.2) is 22.2 Å². The molecule has 0 radical (unpaired) electrons. The van der Waals surface area contributed by atoms with E-state index < -0.39 is 35.0 Å². The summed E-state index contributed by atoms with van der Waals surface area (Å²) >= 11 is 0. The molecule has 0 aliphatic rings. The van der Waals surface area contributed by atoms with Gasteiger partial charge in [0, 0.05) is 10.9 Å². The molecule has 2 aromatic carbocycles. The van der Waals surface area contributed by atoms with E-state index in [4.69, 9.17) is 4.74 Å². The fraction of sp³-hybridized carbons (Fsp3) is 0.158. The third kappa shape index (κ3) is 2.92. The van der Waals surface area contributed by atoms with Gasteiger partial charge in [-0.05, 0) is 25.1 Å². The van der Waals surface area contributed by atoms with E-state index in [1.807, 2.05) is 0 Å². The fourth-order valence-corrected chi connectivity index (χ4v) is 2.75. The first-order valence-electron chi connectivity index (χ1n) is 7.88. The quantitative estimate of drug-likeness (QED) is 0.724. The number of nitrogens with zero attached hydrogens (tertiary/aromatic N) is 1. The van der Waals surface area contributed by atoms with Crippen LogP contribution in [0.5, 0.6) is 5.75 Å². The second-order valence-corrected chi connectivity index (χ2v) is 5.53. The molecule has 1 heterocycles. The number of ether oxygens (including phenoxy) is 1. The van der Waals surface area contributed by atoms with Crippen LogP contribution >= 0.6 is 0 Å².